The SMILES string of the molecule is Cc1ccsc1C1CC1C(=O)N1CCC(n2cc(C(=O)O)nn2)C1. The van der Waals surface area contributed by atoms with Crippen molar-refractivity contribution in [3.63, 3.8) is 0 Å². The largest absolute Gasteiger partial charge is 0.476 e. The van der Waals surface area contributed by atoms with Crippen LogP contribution in [-0.4, -0.2) is 50.0 Å². The third-order valence-corrected chi connectivity index (χ3v) is 6.08. The van der Waals surface area contributed by atoms with E-state index in [0.29, 0.717) is 19.0 Å². The van der Waals surface area contributed by atoms with Crippen LogP contribution in [0.5, 0.6) is 0 Å². The van der Waals surface area contributed by atoms with E-state index >= 15 is 0 Å². The molecule has 3 atom stereocenters. The zero-order valence-electron chi connectivity index (χ0n) is 13.3. The van der Waals surface area contributed by atoms with Crippen molar-refractivity contribution in [3.05, 3.63) is 33.8 Å². The van der Waals surface area contributed by atoms with E-state index in [1.54, 1.807) is 16.0 Å². The van der Waals surface area contributed by atoms with Gasteiger partial charge in [-0.05, 0) is 36.8 Å². The van der Waals surface area contributed by atoms with Crippen LogP contribution < -0.4 is 0 Å². The van der Waals surface area contributed by atoms with Crippen LogP contribution in [0.15, 0.2) is 17.6 Å². The van der Waals surface area contributed by atoms with Crippen molar-refractivity contribution in [2.24, 2.45) is 5.92 Å². The maximum absolute atomic E-state index is 12.7. The molecule has 8 heteroatoms. The molecule has 2 aromatic rings. The Balaban J connectivity index is 1.39. The van der Waals surface area contributed by atoms with E-state index < -0.39 is 5.97 Å². The molecule has 0 spiro atoms. The van der Waals surface area contributed by atoms with E-state index in [2.05, 4.69) is 28.7 Å². The molecule has 2 aliphatic rings. The first-order valence-corrected chi connectivity index (χ1v) is 8.90. The summed E-state index contributed by atoms with van der Waals surface area (Å²) in [6.07, 6.45) is 3.16. The molecule has 0 bridgehead atoms. The summed E-state index contributed by atoms with van der Waals surface area (Å²) in [5.41, 5.74) is 1.22. The van der Waals surface area contributed by atoms with Gasteiger partial charge in [0.05, 0.1) is 12.2 Å². The van der Waals surface area contributed by atoms with Crippen LogP contribution in [0.3, 0.4) is 0 Å². The van der Waals surface area contributed by atoms with Crippen LogP contribution in [0.25, 0.3) is 0 Å². The first-order valence-electron chi connectivity index (χ1n) is 8.02. The highest BCUT2D eigenvalue weighted by Crippen LogP contribution is 2.51. The summed E-state index contributed by atoms with van der Waals surface area (Å²) >= 11 is 1.74. The van der Waals surface area contributed by atoms with Crippen molar-refractivity contribution in [2.75, 3.05) is 13.1 Å². The summed E-state index contributed by atoms with van der Waals surface area (Å²) in [6.45, 7) is 3.37. The Morgan fingerprint density at radius 3 is 2.92 bits per heavy atom. The lowest BCUT2D eigenvalue weighted by molar-refractivity contribution is -0.131. The summed E-state index contributed by atoms with van der Waals surface area (Å²) in [4.78, 5) is 26.8. The Morgan fingerprint density at radius 1 is 1.42 bits per heavy atom. The average molecular weight is 346 g/mol. The maximum Gasteiger partial charge on any atom is 0.358 e. The van der Waals surface area contributed by atoms with Gasteiger partial charge in [0.2, 0.25) is 5.91 Å². The number of aromatic nitrogens is 3. The highest BCUT2D eigenvalue weighted by Gasteiger charge is 2.48. The van der Waals surface area contributed by atoms with Gasteiger partial charge in [0.25, 0.3) is 0 Å². The van der Waals surface area contributed by atoms with Crippen molar-refractivity contribution < 1.29 is 14.7 Å². The topological polar surface area (TPSA) is 88.3 Å². The standard InChI is InChI=1S/C16H18N4O3S/c1-9-3-5-24-14(9)11-6-12(11)15(21)19-4-2-10(7-19)20-8-13(16(22)23)17-18-20/h3,5,8,10-12H,2,4,6-7H2,1H3,(H,22,23). The van der Waals surface area contributed by atoms with E-state index in [0.717, 1.165) is 12.8 Å². The van der Waals surface area contributed by atoms with Crippen LogP contribution in [0.1, 0.15) is 45.7 Å². The third kappa shape index (κ3) is 2.60. The molecule has 2 aromatic heterocycles. The monoisotopic (exact) mass is 346 g/mol. The number of aryl methyl sites for hydroxylation is 1. The number of carboxylic acid groups (broad SMARTS) is 1. The summed E-state index contributed by atoms with van der Waals surface area (Å²) in [5.74, 6) is -0.388. The van der Waals surface area contributed by atoms with Crippen molar-refractivity contribution in [1.82, 2.24) is 19.9 Å². The molecule has 1 aliphatic heterocycles. The number of carbonyl (C=O) groups excluding carboxylic acids is 1. The van der Waals surface area contributed by atoms with E-state index in [1.165, 1.54) is 16.6 Å². The van der Waals surface area contributed by atoms with Gasteiger partial charge in [0.1, 0.15) is 0 Å². The van der Waals surface area contributed by atoms with Crippen LogP contribution in [-0.2, 0) is 4.79 Å². The summed E-state index contributed by atoms with van der Waals surface area (Å²) in [7, 11) is 0. The van der Waals surface area contributed by atoms with Gasteiger partial charge in [-0.1, -0.05) is 5.21 Å². The predicted molar refractivity (Wildman–Crippen MR) is 87.1 cm³/mol. The Morgan fingerprint density at radius 2 is 2.25 bits per heavy atom. The molecular weight excluding hydrogens is 328 g/mol. The second-order valence-corrected chi connectivity index (χ2v) is 7.48. The van der Waals surface area contributed by atoms with Crippen molar-refractivity contribution in [2.45, 2.75) is 31.7 Å². The lowest BCUT2D eigenvalue weighted by Crippen LogP contribution is -2.30. The minimum atomic E-state index is -1.08. The molecule has 126 valence electrons. The van der Waals surface area contributed by atoms with Crippen molar-refractivity contribution in [1.29, 1.82) is 0 Å². The maximum atomic E-state index is 12.7. The molecule has 1 saturated carbocycles. The quantitative estimate of drug-likeness (QED) is 0.914. The molecule has 3 unspecified atom stereocenters. The minimum absolute atomic E-state index is 0.00947. The summed E-state index contributed by atoms with van der Waals surface area (Å²) < 4.78 is 1.57. The van der Waals surface area contributed by atoms with Gasteiger partial charge in [0, 0.05) is 29.8 Å². The van der Waals surface area contributed by atoms with Gasteiger partial charge < -0.3 is 10.0 Å². The number of carboxylic acids is 1. The number of rotatable bonds is 4. The second kappa shape index (κ2) is 5.70. The van der Waals surface area contributed by atoms with Gasteiger partial charge in [0.15, 0.2) is 5.69 Å². The first-order chi connectivity index (χ1) is 11.5. The zero-order valence-corrected chi connectivity index (χ0v) is 14.1. The van der Waals surface area contributed by atoms with Crippen LogP contribution in [0.4, 0.5) is 0 Å². The Labute approximate surface area is 142 Å². The first kappa shape index (κ1) is 15.3. The van der Waals surface area contributed by atoms with E-state index in [9.17, 15) is 9.59 Å². The lowest BCUT2D eigenvalue weighted by Gasteiger charge is -2.16. The smallest absolute Gasteiger partial charge is 0.358 e. The average Bonchev–Trinajstić information content (AvgIpc) is 2.99. The molecule has 1 N–H and O–H groups in total. The Hall–Kier alpha value is -2.22. The molecule has 0 aromatic carbocycles. The Kier molecular flexibility index (Phi) is 3.64. The lowest BCUT2D eigenvalue weighted by atomic mass is 10.2. The van der Waals surface area contributed by atoms with Crippen molar-refractivity contribution in [3.8, 4) is 0 Å². The van der Waals surface area contributed by atoms with Gasteiger partial charge >= 0.3 is 5.97 Å². The molecule has 24 heavy (non-hydrogen) atoms. The fourth-order valence-electron chi connectivity index (χ4n) is 3.47. The summed E-state index contributed by atoms with van der Waals surface area (Å²) in [6, 6.07) is 2.12. The molecule has 7 nitrogen and oxygen atoms in total. The number of nitrogens with zero attached hydrogens (tertiary/aromatic N) is 4. The molecule has 4 rings (SSSR count). The fraction of sp³-hybridized carbons (Fsp3) is 0.500. The highest BCUT2D eigenvalue weighted by atomic mass is 32.1. The van der Waals surface area contributed by atoms with Gasteiger partial charge in [-0.25, -0.2) is 9.48 Å². The van der Waals surface area contributed by atoms with Crippen LogP contribution >= 0.6 is 11.3 Å². The minimum Gasteiger partial charge on any atom is -0.476 e. The Bertz CT molecular complexity index is 799. The molecule has 3 heterocycles. The molecule has 2 fully saturated rings. The second-order valence-electron chi connectivity index (χ2n) is 6.53. The number of aromatic carboxylic acids is 1. The van der Waals surface area contributed by atoms with Crippen LogP contribution in [0, 0.1) is 12.8 Å². The van der Waals surface area contributed by atoms with Crippen molar-refractivity contribution >= 4 is 23.2 Å². The number of likely N-dealkylation sites (tertiary alicyclic amines) is 1. The molecule has 1 amide bonds. The fourth-order valence-corrected chi connectivity index (χ4v) is 4.58. The zero-order chi connectivity index (χ0) is 16.8. The molecule has 1 saturated heterocycles. The summed E-state index contributed by atoms with van der Waals surface area (Å²) in [5, 5.41) is 18.5. The van der Waals surface area contributed by atoms with Gasteiger partial charge in [-0.3, -0.25) is 4.79 Å². The number of carbonyl (C=O) groups is 2. The molecular formula is C16H18N4O3S. The van der Waals surface area contributed by atoms with E-state index in [4.69, 9.17) is 5.11 Å². The predicted octanol–water partition coefficient (Wildman–Crippen LogP) is 1.92. The van der Waals surface area contributed by atoms with Crippen LogP contribution in [0.2, 0.25) is 0 Å². The normalized spacial score (nSPS) is 25.9. The number of hydrogen-bond donors (Lipinski definition) is 1. The number of thiophene rings is 1. The number of hydrogen-bond acceptors (Lipinski definition) is 5. The van der Waals surface area contributed by atoms with Gasteiger partial charge in [-0.15, -0.1) is 16.4 Å². The van der Waals surface area contributed by atoms with Gasteiger partial charge in [-0.2, -0.15) is 0 Å². The van der Waals surface area contributed by atoms with E-state index in [1.807, 2.05) is 4.90 Å². The molecule has 0 radical (unpaired) electrons. The number of amides is 1. The molecule has 1 aliphatic carbocycles. The van der Waals surface area contributed by atoms with E-state index in [-0.39, 0.29) is 23.6 Å². The highest BCUT2D eigenvalue weighted by molar-refractivity contribution is 7.10. The third-order valence-electron chi connectivity index (χ3n) is 4.92.